The van der Waals surface area contributed by atoms with Crippen LogP contribution in [0.4, 0.5) is 0 Å². The minimum atomic E-state index is -0.809. The van der Waals surface area contributed by atoms with Gasteiger partial charge in [-0.2, -0.15) is 0 Å². The third-order valence-electron chi connectivity index (χ3n) is 25.5. The number of hydrogen-bond donors (Lipinski definition) is 1. The van der Waals surface area contributed by atoms with Gasteiger partial charge >= 0.3 is 0 Å². The van der Waals surface area contributed by atoms with Gasteiger partial charge in [-0.1, -0.05) is 267 Å². The summed E-state index contributed by atoms with van der Waals surface area (Å²) in [6.45, 7) is 10.1. The highest BCUT2D eigenvalue weighted by Crippen LogP contribution is 2.49. The van der Waals surface area contributed by atoms with E-state index in [1.54, 1.807) is 0 Å². The predicted molar refractivity (Wildman–Crippen MR) is 548 cm³/mol. The molecule has 17 aromatic rings. The molecule has 17 heteroatoms. The van der Waals surface area contributed by atoms with Crippen LogP contribution < -0.4 is 66.3 Å². The van der Waals surface area contributed by atoms with Gasteiger partial charge in [-0.05, 0) is 186 Å². The first kappa shape index (κ1) is 93.8. The Kier molecular flexibility index (Phi) is 31.1. The maximum atomic E-state index is 13.2. The molecule has 4 heterocycles. The molecule has 0 radical (unpaired) electrons. The normalized spacial score (nSPS) is 14.8. The lowest BCUT2D eigenvalue weighted by atomic mass is 9.71. The summed E-state index contributed by atoms with van der Waals surface area (Å²) in [5, 5.41) is 14.1. The molecule has 3 aliphatic rings. The molecule has 2 bridgehead atoms. The molecule has 0 saturated carbocycles. The summed E-state index contributed by atoms with van der Waals surface area (Å²) in [7, 11) is 0. The predicted octanol–water partition coefficient (Wildman–Crippen LogP) is 27.0. The molecule has 16 aromatic carbocycles. The van der Waals surface area contributed by atoms with Crippen molar-refractivity contribution in [3.8, 4) is 80.5 Å². The van der Waals surface area contributed by atoms with Gasteiger partial charge in [0.2, 0.25) is 0 Å². The number of para-hydroxylation sites is 1. The van der Waals surface area contributed by atoms with E-state index in [-0.39, 0.29) is 51.6 Å². The summed E-state index contributed by atoms with van der Waals surface area (Å²) < 4.78 is 95.0. The fourth-order valence-corrected chi connectivity index (χ4v) is 18.4. The Morgan fingerprint density at radius 1 is 0.262 bits per heavy atom. The maximum Gasteiger partial charge on any atom is 0.131 e. The Morgan fingerprint density at radius 2 is 0.475 bits per heavy atom. The minimum Gasteiger partial charge on any atom is -0.489 e. The molecule has 141 heavy (non-hydrogen) atoms. The van der Waals surface area contributed by atoms with Gasteiger partial charge in [-0.3, -0.25) is 4.98 Å². The number of aliphatic hydroxyl groups is 1. The molecule has 1 aromatic heterocycles. The van der Waals surface area contributed by atoms with Crippen LogP contribution in [-0.2, 0) is 99.0 Å². The number of aromatic nitrogens is 1. The number of rotatable bonds is 47. The van der Waals surface area contributed by atoms with Crippen molar-refractivity contribution in [2.45, 2.75) is 124 Å². The fourth-order valence-electron chi connectivity index (χ4n) is 18.4. The van der Waals surface area contributed by atoms with Crippen LogP contribution in [-0.4, -0.2) is 33.7 Å². The summed E-state index contributed by atoms with van der Waals surface area (Å²) in [5.74, 6) is 8.83. The van der Waals surface area contributed by atoms with Crippen LogP contribution in [0.15, 0.2) is 419 Å². The number of pyridine rings is 1. The SMILES string of the molecule is C=C[C@H]1C[N@+]2(Cc3cc(OCc4cc(OCc5cc(OCc6ccccc6)cc(OCc6ccccc6)c5)cc(OCc5cc(OCc6ccccc6)cc(OCc6ccccc6)c5)c4)cc(OCc4cc(OCc5cc(OCc6ccccc6)cc(OCc6ccccc6)c5)cc(OCc5cc(OCc6ccccc6)cc(OCc6ccccc6)c5)c4)c3)CC[C@H]1C[C@H]2[C@H](O)c1ccnc2ccccc12. The Morgan fingerprint density at radius 3 is 0.709 bits per heavy atom. The van der Waals surface area contributed by atoms with Crippen LogP contribution in [0, 0.1) is 11.8 Å². The Hall–Kier alpha value is -16.2. The Labute approximate surface area is 824 Å². The summed E-state index contributed by atoms with van der Waals surface area (Å²) in [5.41, 5.74) is 15.7. The van der Waals surface area contributed by atoms with Crippen LogP contribution in [0.3, 0.4) is 0 Å². The van der Waals surface area contributed by atoms with Crippen molar-refractivity contribution in [3.63, 3.8) is 0 Å². The average molecular weight is 1870 g/mol. The summed E-state index contributed by atoms with van der Waals surface area (Å²) in [4.78, 5) is 4.75. The molecule has 0 spiro atoms. The van der Waals surface area contributed by atoms with Crippen molar-refractivity contribution in [1.82, 2.24) is 4.98 Å². The molecule has 3 fully saturated rings. The van der Waals surface area contributed by atoms with E-state index in [1.807, 2.05) is 388 Å². The zero-order valence-electron chi connectivity index (χ0n) is 78.8. The number of benzene rings is 16. The van der Waals surface area contributed by atoms with Crippen LogP contribution in [0.1, 0.15) is 108 Å². The topological polar surface area (TPSA) is 162 Å². The molecule has 1 N–H and O–H groups in total. The Balaban J connectivity index is 0.665. The summed E-state index contributed by atoms with van der Waals surface area (Å²) in [6.07, 6.45) is 4.92. The third-order valence-corrected chi connectivity index (χ3v) is 25.5. The highest BCUT2D eigenvalue weighted by molar-refractivity contribution is 5.82. The maximum absolute atomic E-state index is 13.2. The number of piperidine rings is 3. The second-order valence-corrected chi connectivity index (χ2v) is 36.0. The van der Waals surface area contributed by atoms with E-state index in [1.165, 1.54) is 0 Å². The quantitative estimate of drug-likeness (QED) is 0.0283. The summed E-state index contributed by atoms with van der Waals surface area (Å²) >= 11 is 0. The van der Waals surface area contributed by atoms with E-state index < -0.39 is 6.10 Å². The Bertz CT molecular complexity index is 6020. The molecule has 17 nitrogen and oxygen atoms in total. The van der Waals surface area contributed by atoms with E-state index in [4.69, 9.17) is 71.3 Å². The number of fused-ring (bicyclic) bond motifs is 4. The zero-order valence-corrected chi connectivity index (χ0v) is 78.8. The largest absolute Gasteiger partial charge is 0.489 e. The van der Waals surface area contributed by atoms with Crippen LogP contribution >= 0.6 is 0 Å². The third kappa shape index (κ3) is 26.6. The first-order valence-corrected chi connectivity index (χ1v) is 48.1. The van der Waals surface area contributed by atoms with Crippen LogP contribution in [0.5, 0.6) is 80.5 Å². The molecular weight excluding hydrogens is 1760 g/mol. The first-order valence-electron chi connectivity index (χ1n) is 48.1. The van der Waals surface area contributed by atoms with Gasteiger partial charge in [0.05, 0.1) is 18.6 Å². The van der Waals surface area contributed by atoms with Gasteiger partial charge < -0.3 is 75.9 Å². The van der Waals surface area contributed by atoms with Crippen molar-refractivity contribution in [2.24, 2.45) is 11.8 Å². The lowest BCUT2D eigenvalue weighted by Crippen LogP contribution is -2.67. The molecule has 3 saturated heterocycles. The van der Waals surface area contributed by atoms with Crippen LogP contribution in [0.25, 0.3) is 10.9 Å². The lowest BCUT2D eigenvalue weighted by Gasteiger charge is -2.58. The number of nitrogens with zero attached hydrogens (tertiary/aromatic N) is 2. The highest BCUT2D eigenvalue weighted by atomic mass is 16.5. The van der Waals surface area contributed by atoms with Crippen molar-refractivity contribution >= 4 is 10.9 Å². The molecule has 0 aliphatic carbocycles. The van der Waals surface area contributed by atoms with Gasteiger partial charge in [0.1, 0.15) is 192 Å². The molecule has 20 rings (SSSR count). The standard InChI is InChI=1S/C124H113N2O15/c1-2-104-74-126(50-48-105(104)65-123(126)124(127)121-47-49-125-122-46-28-27-45-120(121)122)73-97-51-106(136-83-102-61-116(138-85-98-53-108(128-75-89-29-11-3-12-30-89)67-109(54-98)129-76-90-31-13-4-14-32-90)71-117(62-102)139-86-99-55-110(130-77-91-33-15-5-16-34-91)68-111(56-99)131-78-92-35-17-6-18-36-92)66-107(52-97)137-84-103-63-118(140-87-100-57-112(132-79-93-37-19-7-20-38-93)69-113(58-100)133-80-94-39-21-8-22-40-94)72-119(64-103)141-88-101-59-114(134-81-95-41-23-9-24-42-95)70-115(60-101)135-82-96-43-25-10-26-44-96/h2-47,49,51-64,66-72,104-105,123-124,127H,1,48,50,65,73-88H2/q+1/t104-,105-,123-,124+,126+/m0/s1. The zero-order chi connectivity index (χ0) is 95.4. The van der Waals surface area contributed by atoms with Crippen molar-refractivity contribution in [2.75, 3.05) is 13.1 Å². The molecule has 5 atom stereocenters. The molecular formula is C124H113N2O15+. The fraction of sp³-hybridized carbons (Fsp3) is 0.185. The monoisotopic (exact) mass is 1870 g/mol. The molecule has 0 amide bonds. The first-order chi connectivity index (χ1) is 69.5. The van der Waals surface area contributed by atoms with Gasteiger partial charge in [0.15, 0.2) is 0 Å². The average Bonchev–Trinajstić information content (AvgIpc) is 0.730. The molecule has 3 aliphatic heterocycles. The van der Waals surface area contributed by atoms with E-state index in [0.717, 1.165) is 126 Å². The number of quaternary nitrogens is 1. The second-order valence-electron chi connectivity index (χ2n) is 36.0. The smallest absolute Gasteiger partial charge is 0.131 e. The minimum absolute atomic E-state index is 0.0686. The van der Waals surface area contributed by atoms with E-state index in [0.29, 0.717) is 150 Å². The number of hydrogen-bond acceptors (Lipinski definition) is 16. The van der Waals surface area contributed by atoms with Crippen molar-refractivity contribution in [3.05, 3.63) is 508 Å². The van der Waals surface area contributed by atoms with Gasteiger partial charge in [0.25, 0.3) is 0 Å². The highest BCUT2D eigenvalue weighted by Gasteiger charge is 2.54. The lowest BCUT2D eigenvalue weighted by molar-refractivity contribution is -0.984. The number of ether oxygens (including phenoxy) is 14. The van der Waals surface area contributed by atoms with E-state index in [9.17, 15) is 5.11 Å². The summed E-state index contributed by atoms with van der Waals surface area (Å²) in [6, 6.07) is 132. The second kappa shape index (κ2) is 46.8. The van der Waals surface area contributed by atoms with Crippen LogP contribution in [0.2, 0.25) is 0 Å². The van der Waals surface area contributed by atoms with Gasteiger partial charge in [-0.15, -0.1) is 6.58 Å². The molecule has 0 unspecified atom stereocenters. The van der Waals surface area contributed by atoms with Gasteiger partial charge in [-0.25, -0.2) is 0 Å². The van der Waals surface area contributed by atoms with E-state index >= 15 is 0 Å². The van der Waals surface area contributed by atoms with Gasteiger partial charge in [0, 0.05) is 78.4 Å². The van der Waals surface area contributed by atoms with E-state index in [2.05, 4.69) is 30.9 Å². The van der Waals surface area contributed by atoms with Crippen molar-refractivity contribution < 1.29 is 75.9 Å². The molecule has 708 valence electrons. The van der Waals surface area contributed by atoms with Crippen molar-refractivity contribution in [1.29, 1.82) is 0 Å². The number of aliphatic hydroxyl groups excluding tert-OH is 1.